The molecule has 0 aliphatic heterocycles. The zero-order valence-electron chi connectivity index (χ0n) is 9.72. The number of rotatable bonds is 2. The third kappa shape index (κ3) is 2.94. The molecule has 1 aromatic carbocycles. The minimum atomic E-state index is -0.0380. The number of nitrogens with one attached hydrogen (secondary N) is 1. The Balaban J connectivity index is 3.18. The van der Waals surface area contributed by atoms with E-state index in [4.69, 9.17) is 0 Å². The second kappa shape index (κ2) is 4.78. The van der Waals surface area contributed by atoms with E-state index in [1.807, 2.05) is 24.3 Å². The van der Waals surface area contributed by atoms with Gasteiger partial charge in [0.05, 0.1) is 0 Å². The van der Waals surface area contributed by atoms with Crippen LogP contribution in [0.5, 0.6) is 0 Å². The molecule has 0 heterocycles. The van der Waals surface area contributed by atoms with Crippen molar-refractivity contribution in [3.8, 4) is 0 Å². The van der Waals surface area contributed by atoms with Crippen LogP contribution in [0.15, 0.2) is 29.8 Å². The Morgan fingerprint density at radius 1 is 1.07 bits per heavy atom. The predicted molar refractivity (Wildman–Crippen MR) is 64.7 cm³/mol. The molecule has 15 heavy (non-hydrogen) atoms. The summed E-state index contributed by atoms with van der Waals surface area (Å²) in [6.45, 7) is 7.73. The number of para-hydroxylation sites is 1. The lowest BCUT2D eigenvalue weighted by Gasteiger charge is -2.11. The van der Waals surface area contributed by atoms with E-state index in [9.17, 15) is 4.79 Å². The molecule has 0 fully saturated rings. The summed E-state index contributed by atoms with van der Waals surface area (Å²) in [5.74, 6) is -0.0380. The van der Waals surface area contributed by atoms with Crippen LogP contribution >= 0.6 is 0 Å². The van der Waals surface area contributed by atoms with Gasteiger partial charge in [-0.15, -0.1) is 0 Å². The van der Waals surface area contributed by atoms with Crippen LogP contribution < -0.4 is 5.32 Å². The first-order valence-corrected chi connectivity index (χ1v) is 5.03. The molecule has 0 saturated carbocycles. The van der Waals surface area contributed by atoms with E-state index in [0.29, 0.717) is 0 Å². The molecule has 0 radical (unpaired) electrons. The zero-order valence-corrected chi connectivity index (χ0v) is 9.72. The normalized spacial score (nSPS) is 9.60. The fourth-order valence-corrected chi connectivity index (χ4v) is 1.38. The van der Waals surface area contributed by atoms with E-state index in [1.54, 1.807) is 0 Å². The van der Waals surface area contributed by atoms with Crippen molar-refractivity contribution in [3.05, 3.63) is 35.4 Å². The minimum absolute atomic E-state index is 0.0380. The molecule has 80 valence electrons. The Morgan fingerprint density at radius 3 is 2.20 bits per heavy atom. The van der Waals surface area contributed by atoms with Gasteiger partial charge in [-0.2, -0.15) is 0 Å². The predicted octanol–water partition coefficient (Wildman–Crippen LogP) is 3.46. The van der Waals surface area contributed by atoms with Gasteiger partial charge in [0.15, 0.2) is 0 Å². The monoisotopic (exact) mass is 203 g/mol. The van der Waals surface area contributed by atoms with E-state index in [0.717, 1.165) is 11.3 Å². The van der Waals surface area contributed by atoms with Gasteiger partial charge < -0.3 is 5.32 Å². The van der Waals surface area contributed by atoms with Gasteiger partial charge in [0.2, 0.25) is 5.91 Å². The maximum absolute atomic E-state index is 11.0. The average molecular weight is 203 g/mol. The SMILES string of the molecule is CC(=O)Nc1ccccc1C(C)=C(C)C. The van der Waals surface area contributed by atoms with Gasteiger partial charge in [-0.25, -0.2) is 0 Å². The van der Waals surface area contributed by atoms with Crippen LogP contribution in [0.3, 0.4) is 0 Å². The largest absolute Gasteiger partial charge is 0.326 e. The molecule has 0 atom stereocenters. The number of hydrogen-bond acceptors (Lipinski definition) is 1. The smallest absolute Gasteiger partial charge is 0.221 e. The summed E-state index contributed by atoms with van der Waals surface area (Å²) < 4.78 is 0. The molecule has 1 N–H and O–H groups in total. The number of carbonyl (C=O) groups excluding carboxylic acids is 1. The zero-order chi connectivity index (χ0) is 11.4. The van der Waals surface area contributed by atoms with Crippen LogP contribution in [0.25, 0.3) is 5.57 Å². The quantitative estimate of drug-likeness (QED) is 0.783. The third-order valence-electron chi connectivity index (χ3n) is 2.39. The second-order valence-electron chi connectivity index (χ2n) is 3.85. The molecule has 0 unspecified atom stereocenters. The molecular formula is C13H17NO. The summed E-state index contributed by atoms with van der Waals surface area (Å²) >= 11 is 0. The summed E-state index contributed by atoms with van der Waals surface area (Å²) in [4.78, 5) is 11.0. The number of carbonyl (C=O) groups is 1. The first-order valence-electron chi connectivity index (χ1n) is 5.03. The van der Waals surface area contributed by atoms with Crippen molar-refractivity contribution in [2.45, 2.75) is 27.7 Å². The van der Waals surface area contributed by atoms with Gasteiger partial charge in [-0.05, 0) is 32.4 Å². The molecule has 0 bridgehead atoms. The van der Waals surface area contributed by atoms with Gasteiger partial charge in [-0.3, -0.25) is 4.79 Å². The molecule has 2 nitrogen and oxygen atoms in total. The molecule has 2 heteroatoms. The van der Waals surface area contributed by atoms with Crippen molar-refractivity contribution in [3.63, 3.8) is 0 Å². The van der Waals surface area contributed by atoms with Crippen LogP contribution in [0, 0.1) is 0 Å². The van der Waals surface area contributed by atoms with Crippen molar-refractivity contribution in [2.24, 2.45) is 0 Å². The summed E-state index contributed by atoms with van der Waals surface area (Å²) in [6.07, 6.45) is 0. The maximum Gasteiger partial charge on any atom is 0.221 e. The highest BCUT2D eigenvalue weighted by atomic mass is 16.1. The molecule has 1 amide bonds. The highest BCUT2D eigenvalue weighted by molar-refractivity contribution is 5.92. The van der Waals surface area contributed by atoms with Crippen molar-refractivity contribution in [2.75, 3.05) is 5.32 Å². The third-order valence-corrected chi connectivity index (χ3v) is 2.39. The molecule has 1 aromatic rings. The Labute approximate surface area is 91.0 Å². The van der Waals surface area contributed by atoms with Crippen molar-refractivity contribution in [1.82, 2.24) is 0 Å². The minimum Gasteiger partial charge on any atom is -0.326 e. The van der Waals surface area contributed by atoms with Gasteiger partial charge in [0.1, 0.15) is 0 Å². The lowest BCUT2D eigenvalue weighted by atomic mass is 10.0. The molecule has 1 rings (SSSR count). The maximum atomic E-state index is 11.0. The average Bonchev–Trinajstić information content (AvgIpc) is 2.16. The standard InChI is InChI=1S/C13H17NO/c1-9(2)10(3)12-7-5-6-8-13(12)14-11(4)15/h5-8H,1-4H3,(H,14,15). The second-order valence-corrected chi connectivity index (χ2v) is 3.85. The van der Waals surface area contributed by atoms with Crippen LogP contribution in [0.4, 0.5) is 5.69 Å². The van der Waals surface area contributed by atoms with Crippen LogP contribution in [-0.4, -0.2) is 5.91 Å². The number of hydrogen-bond donors (Lipinski definition) is 1. The lowest BCUT2D eigenvalue weighted by molar-refractivity contribution is -0.114. The molecular weight excluding hydrogens is 186 g/mol. The summed E-state index contributed by atoms with van der Waals surface area (Å²) in [5.41, 5.74) is 4.43. The Morgan fingerprint density at radius 2 is 1.67 bits per heavy atom. The first kappa shape index (κ1) is 11.5. The van der Waals surface area contributed by atoms with Gasteiger partial charge in [0.25, 0.3) is 0 Å². The highest BCUT2D eigenvalue weighted by Gasteiger charge is 2.05. The van der Waals surface area contributed by atoms with Gasteiger partial charge >= 0.3 is 0 Å². The van der Waals surface area contributed by atoms with Gasteiger partial charge in [-0.1, -0.05) is 23.8 Å². The van der Waals surface area contributed by atoms with E-state index in [2.05, 4.69) is 26.1 Å². The van der Waals surface area contributed by atoms with Gasteiger partial charge in [0, 0.05) is 18.2 Å². The molecule has 0 aliphatic rings. The van der Waals surface area contributed by atoms with Crippen molar-refractivity contribution in [1.29, 1.82) is 0 Å². The molecule has 0 aliphatic carbocycles. The lowest BCUT2D eigenvalue weighted by Crippen LogP contribution is -2.07. The summed E-state index contributed by atoms with van der Waals surface area (Å²) in [5, 5.41) is 2.84. The molecule has 0 saturated heterocycles. The van der Waals surface area contributed by atoms with E-state index >= 15 is 0 Å². The number of benzene rings is 1. The topological polar surface area (TPSA) is 29.1 Å². The van der Waals surface area contributed by atoms with Crippen molar-refractivity contribution >= 4 is 17.2 Å². The fraction of sp³-hybridized carbons (Fsp3) is 0.308. The van der Waals surface area contributed by atoms with Crippen molar-refractivity contribution < 1.29 is 4.79 Å². The Hall–Kier alpha value is -1.57. The molecule has 0 aromatic heterocycles. The summed E-state index contributed by atoms with van der Waals surface area (Å²) in [7, 11) is 0. The van der Waals surface area contributed by atoms with E-state index < -0.39 is 0 Å². The fourth-order valence-electron chi connectivity index (χ4n) is 1.38. The molecule has 0 spiro atoms. The number of allylic oxidation sites excluding steroid dienone is 2. The summed E-state index contributed by atoms with van der Waals surface area (Å²) in [6, 6.07) is 7.84. The number of amides is 1. The van der Waals surface area contributed by atoms with Crippen LogP contribution in [-0.2, 0) is 4.79 Å². The number of anilines is 1. The first-order chi connectivity index (χ1) is 7.02. The van der Waals surface area contributed by atoms with E-state index in [-0.39, 0.29) is 5.91 Å². The highest BCUT2D eigenvalue weighted by Crippen LogP contribution is 2.25. The van der Waals surface area contributed by atoms with Crippen LogP contribution in [0.1, 0.15) is 33.3 Å². The van der Waals surface area contributed by atoms with Crippen LogP contribution in [0.2, 0.25) is 0 Å². The Bertz CT molecular complexity index is 401. The Kier molecular flexibility index (Phi) is 3.67. The van der Waals surface area contributed by atoms with E-state index in [1.165, 1.54) is 18.1 Å².